The molecule has 0 spiro atoms. The van der Waals surface area contributed by atoms with Crippen molar-refractivity contribution in [3.63, 3.8) is 0 Å². The van der Waals surface area contributed by atoms with E-state index in [-0.39, 0.29) is 0 Å². The minimum atomic E-state index is 1.01. The molecule has 3 atom stereocenters. The lowest BCUT2D eigenvalue weighted by atomic mass is 9.94. The molecule has 1 fully saturated rings. The zero-order valence-electron chi connectivity index (χ0n) is 7.56. The fraction of sp³-hybridized carbons (Fsp3) is 1.00. The topological polar surface area (TPSA) is 0 Å². The first kappa shape index (κ1) is 8.10. The van der Waals surface area contributed by atoms with E-state index in [1.165, 1.54) is 25.7 Å². The molecule has 10 heavy (non-hydrogen) atoms. The molecule has 1 aliphatic rings. The second kappa shape index (κ2) is 3.41. The predicted octanol–water partition coefficient (Wildman–Crippen LogP) is 3.47. The third-order valence-electron chi connectivity index (χ3n) is 2.94. The van der Waals surface area contributed by atoms with Crippen LogP contribution in [0, 0.1) is 17.8 Å². The maximum atomic E-state index is 2.42. The van der Waals surface area contributed by atoms with E-state index in [1.54, 1.807) is 0 Å². The number of hydrogen-bond donors (Lipinski definition) is 0. The van der Waals surface area contributed by atoms with Gasteiger partial charge in [0.25, 0.3) is 0 Å². The molecule has 0 N–H and O–H groups in total. The van der Waals surface area contributed by atoms with E-state index < -0.39 is 0 Å². The van der Waals surface area contributed by atoms with Crippen LogP contribution in [0.1, 0.15) is 46.5 Å². The van der Waals surface area contributed by atoms with E-state index in [9.17, 15) is 0 Å². The normalized spacial score (nSPS) is 40.5. The van der Waals surface area contributed by atoms with Crippen LogP contribution in [0.3, 0.4) is 0 Å². The van der Waals surface area contributed by atoms with Crippen molar-refractivity contribution in [3.05, 3.63) is 0 Å². The minimum absolute atomic E-state index is 1.01. The van der Waals surface area contributed by atoms with Gasteiger partial charge in [-0.2, -0.15) is 0 Å². The quantitative estimate of drug-likeness (QED) is 0.551. The molecule has 0 heterocycles. The second-order valence-electron chi connectivity index (χ2n) is 4.10. The van der Waals surface area contributed by atoms with Crippen molar-refractivity contribution in [3.8, 4) is 0 Å². The van der Waals surface area contributed by atoms with Crippen molar-refractivity contribution in [2.24, 2.45) is 17.8 Å². The molecule has 1 rings (SSSR count). The molecule has 0 aromatic carbocycles. The molecule has 2 unspecified atom stereocenters. The van der Waals surface area contributed by atoms with Crippen LogP contribution in [-0.2, 0) is 0 Å². The molecule has 60 valence electrons. The van der Waals surface area contributed by atoms with Gasteiger partial charge in [-0.25, -0.2) is 0 Å². The van der Waals surface area contributed by atoms with E-state index in [0.29, 0.717) is 0 Å². The summed E-state index contributed by atoms with van der Waals surface area (Å²) in [5.74, 6) is 3.07. The lowest BCUT2D eigenvalue weighted by molar-refractivity contribution is 0.387. The highest BCUT2D eigenvalue weighted by molar-refractivity contribution is 4.78. The molecule has 0 nitrogen and oxygen atoms in total. The van der Waals surface area contributed by atoms with Crippen LogP contribution >= 0.6 is 0 Å². The summed E-state index contributed by atoms with van der Waals surface area (Å²) < 4.78 is 0. The lowest BCUT2D eigenvalue weighted by Crippen LogP contribution is -2.02. The average Bonchev–Trinajstić information content (AvgIpc) is 2.13. The van der Waals surface area contributed by atoms with Gasteiger partial charge < -0.3 is 0 Å². The first-order chi connectivity index (χ1) is 4.74. The Morgan fingerprint density at radius 1 is 1.20 bits per heavy atom. The lowest BCUT2D eigenvalue weighted by Gasteiger charge is -2.12. The third kappa shape index (κ3) is 1.74. The van der Waals surface area contributed by atoms with Gasteiger partial charge in [0.2, 0.25) is 0 Å². The van der Waals surface area contributed by atoms with Gasteiger partial charge in [0, 0.05) is 0 Å². The molecular weight excluding hydrogens is 120 g/mol. The number of rotatable bonds is 2. The van der Waals surface area contributed by atoms with Crippen LogP contribution in [-0.4, -0.2) is 0 Å². The molecule has 1 saturated carbocycles. The Balaban J connectivity index is 2.31. The van der Waals surface area contributed by atoms with E-state index >= 15 is 0 Å². The van der Waals surface area contributed by atoms with Crippen molar-refractivity contribution < 1.29 is 0 Å². The van der Waals surface area contributed by atoms with Crippen molar-refractivity contribution >= 4 is 0 Å². The summed E-state index contributed by atoms with van der Waals surface area (Å²) >= 11 is 0. The number of hydrogen-bond acceptors (Lipinski definition) is 0. The van der Waals surface area contributed by atoms with Crippen molar-refractivity contribution in [1.82, 2.24) is 0 Å². The van der Waals surface area contributed by atoms with Gasteiger partial charge in [0.1, 0.15) is 0 Å². The van der Waals surface area contributed by atoms with E-state index in [2.05, 4.69) is 20.8 Å². The van der Waals surface area contributed by atoms with Gasteiger partial charge in [-0.15, -0.1) is 0 Å². The van der Waals surface area contributed by atoms with Gasteiger partial charge >= 0.3 is 0 Å². The monoisotopic (exact) mass is 140 g/mol. The molecule has 0 bridgehead atoms. The predicted molar refractivity (Wildman–Crippen MR) is 46.0 cm³/mol. The standard InChI is InChI=1S/C10H20/c1-4-5-10-7-8(2)6-9(10)3/h8-10H,4-7H2,1-3H3/t8?,9-,10?/m0/s1. The van der Waals surface area contributed by atoms with Crippen molar-refractivity contribution in [2.45, 2.75) is 46.5 Å². The van der Waals surface area contributed by atoms with Gasteiger partial charge in [-0.1, -0.05) is 33.6 Å². The van der Waals surface area contributed by atoms with Gasteiger partial charge in [0.05, 0.1) is 0 Å². The Morgan fingerprint density at radius 2 is 1.90 bits per heavy atom. The van der Waals surface area contributed by atoms with Crippen LogP contribution < -0.4 is 0 Å². The molecule has 0 aromatic heterocycles. The molecule has 0 amide bonds. The van der Waals surface area contributed by atoms with Gasteiger partial charge in [0.15, 0.2) is 0 Å². The summed E-state index contributed by atoms with van der Waals surface area (Å²) in [7, 11) is 0. The zero-order valence-corrected chi connectivity index (χ0v) is 7.56. The van der Waals surface area contributed by atoms with Crippen LogP contribution in [0.2, 0.25) is 0 Å². The summed E-state index contributed by atoms with van der Waals surface area (Å²) in [5.41, 5.74) is 0. The molecule has 0 aliphatic heterocycles. The molecule has 0 heteroatoms. The second-order valence-corrected chi connectivity index (χ2v) is 4.10. The summed E-state index contributed by atoms with van der Waals surface area (Å²) in [4.78, 5) is 0. The SMILES string of the molecule is CCCC1CC(C)C[C@@H]1C. The largest absolute Gasteiger partial charge is 0.0654 e. The highest BCUT2D eigenvalue weighted by Crippen LogP contribution is 2.38. The molecule has 0 aromatic rings. The Labute approximate surface area is 65.0 Å². The molecule has 1 aliphatic carbocycles. The van der Waals surface area contributed by atoms with E-state index in [0.717, 1.165) is 17.8 Å². The molecule has 0 radical (unpaired) electrons. The Morgan fingerprint density at radius 3 is 2.30 bits per heavy atom. The first-order valence-electron chi connectivity index (χ1n) is 4.74. The highest BCUT2D eigenvalue weighted by Gasteiger charge is 2.27. The summed E-state index contributed by atoms with van der Waals surface area (Å²) in [6.45, 7) is 7.12. The van der Waals surface area contributed by atoms with E-state index in [1.807, 2.05) is 0 Å². The Kier molecular flexibility index (Phi) is 2.76. The minimum Gasteiger partial charge on any atom is -0.0654 e. The highest BCUT2D eigenvalue weighted by atomic mass is 14.3. The van der Waals surface area contributed by atoms with Crippen LogP contribution in [0.4, 0.5) is 0 Å². The molecular formula is C10H20. The van der Waals surface area contributed by atoms with Gasteiger partial charge in [-0.3, -0.25) is 0 Å². The zero-order chi connectivity index (χ0) is 7.56. The first-order valence-corrected chi connectivity index (χ1v) is 4.74. The Hall–Kier alpha value is 0. The molecule has 0 saturated heterocycles. The van der Waals surface area contributed by atoms with Crippen LogP contribution in [0.15, 0.2) is 0 Å². The van der Waals surface area contributed by atoms with Crippen LogP contribution in [0.25, 0.3) is 0 Å². The maximum absolute atomic E-state index is 2.42. The Bertz CT molecular complexity index is 96.2. The van der Waals surface area contributed by atoms with Crippen molar-refractivity contribution in [1.29, 1.82) is 0 Å². The fourth-order valence-electron chi connectivity index (χ4n) is 2.45. The third-order valence-corrected chi connectivity index (χ3v) is 2.94. The summed E-state index contributed by atoms with van der Waals surface area (Å²) in [6.07, 6.45) is 5.81. The van der Waals surface area contributed by atoms with Crippen LogP contribution in [0.5, 0.6) is 0 Å². The maximum Gasteiger partial charge on any atom is -0.0386 e. The van der Waals surface area contributed by atoms with E-state index in [4.69, 9.17) is 0 Å². The smallest absolute Gasteiger partial charge is 0.0386 e. The fourth-order valence-corrected chi connectivity index (χ4v) is 2.45. The summed E-state index contributed by atoms with van der Waals surface area (Å²) in [5, 5.41) is 0. The van der Waals surface area contributed by atoms with Crippen molar-refractivity contribution in [2.75, 3.05) is 0 Å². The summed E-state index contributed by atoms with van der Waals surface area (Å²) in [6, 6.07) is 0. The average molecular weight is 140 g/mol. The van der Waals surface area contributed by atoms with Gasteiger partial charge in [-0.05, 0) is 30.6 Å².